The molecule has 142 valence electrons. The number of rotatable bonds is 5. The number of nitro benzene ring substituents is 1. The Balaban J connectivity index is 1.60. The van der Waals surface area contributed by atoms with Crippen LogP contribution in [0, 0.1) is 24.0 Å². The molecular weight excluding hydrogens is 348 g/mol. The molecule has 0 bridgehead atoms. The topological polar surface area (TPSA) is 104 Å². The minimum atomic E-state index is -0.472. The number of aromatic nitrogens is 2. The van der Waals surface area contributed by atoms with Crippen LogP contribution in [0.25, 0.3) is 0 Å². The molecule has 1 saturated heterocycles. The van der Waals surface area contributed by atoms with E-state index in [0.29, 0.717) is 24.6 Å². The lowest BCUT2D eigenvalue weighted by Crippen LogP contribution is -2.49. The maximum Gasteiger partial charge on any atom is 0.293 e. The highest BCUT2D eigenvalue weighted by molar-refractivity contribution is 5.95. The van der Waals surface area contributed by atoms with Crippen LogP contribution in [0.5, 0.6) is 0 Å². The Bertz CT molecular complexity index is 834. The minimum Gasteiger partial charge on any atom is -0.338 e. The van der Waals surface area contributed by atoms with Crippen molar-refractivity contribution in [2.45, 2.75) is 13.8 Å². The molecule has 1 amide bonds. The molecular formula is C18H22N6O3. The number of anilines is 2. The highest BCUT2D eigenvalue weighted by Crippen LogP contribution is 2.30. The standard InChI is InChI=1S/C18H22N6O3/c1-13-4-5-15(24(26)27)17(14(13)2)21-16(25)12-22-8-10-23(11-9-22)18-19-6-3-7-20-18/h3-7H,8-12H2,1-2H3,(H,21,25). The van der Waals surface area contributed by atoms with Gasteiger partial charge in [-0.25, -0.2) is 9.97 Å². The first-order valence-corrected chi connectivity index (χ1v) is 8.74. The van der Waals surface area contributed by atoms with Gasteiger partial charge in [0.25, 0.3) is 5.69 Å². The lowest BCUT2D eigenvalue weighted by atomic mass is 10.1. The van der Waals surface area contributed by atoms with Gasteiger partial charge in [-0.1, -0.05) is 6.07 Å². The van der Waals surface area contributed by atoms with Crippen molar-refractivity contribution < 1.29 is 9.72 Å². The van der Waals surface area contributed by atoms with Gasteiger partial charge in [-0.2, -0.15) is 0 Å². The number of benzene rings is 1. The second-order valence-corrected chi connectivity index (χ2v) is 6.52. The summed E-state index contributed by atoms with van der Waals surface area (Å²) < 4.78 is 0. The van der Waals surface area contributed by atoms with Crippen molar-refractivity contribution in [3.63, 3.8) is 0 Å². The molecule has 2 aromatic rings. The van der Waals surface area contributed by atoms with Gasteiger partial charge in [0, 0.05) is 44.6 Å². The largest absolute Gasteiger partial charge is 0.338 e. The van der Waals surface area contributed by atoms with Crippen molar-refractivity contribution >= 4 is 23.2 Å². The number of nitro groups is 1. The number of aryl methyl sites for hydroxylation is 1. The summed E-state index contributed by atoms with van der Waals surface area (Å²) in [4.78, 5) is 35.8. The number of carbonyl (C=O) groups is 1. The average molecular weight is 370 g/mol. The molecule has 1 aliphatic rings. The Morgan fingerprint density at radius 1 is 1.19 bits per heavy atom. The molecule has 3 rings (SSSR count). The summed E-state index contributed by atoms with van der Waals surface area (Å²) in [6, 6.07) is 4.89. The maximum atomic E-state index is 12.5. The van der Waals surface area contributed by atoms with E-state index >= 15 is 0 Å². The third kappa shape index (κ3) is 4.37. The van der Waals surface area contributed by atoms with Crippen LogP contribution >= 0.6 is 0 Å². The Labute approximate surface area is 157 Å². The van der Waals surface area contributed by atoms with Crippen molar-refractivity contribution in [1.82, 2.24) is 14.9 Å². The summed E-state index contributed by atoms with van der Waals surface area (Å²) in [6.07, 6.45) is 3.42. The first-order valence-electron chi connectivity index (χ1n) is 8.74. The predicted molar refractivity (Wildman–Crippen MR) is 102 cm³/mol. The molecule has 1 aromatic heterocycles. The molecule has 1 aliphatic heterocycles. The van der Waals surface area contributed by atoms with Crippen LogP contribution in [0.4, 0.5) is 17.3 Å². The van der Waals surface area contributed by atoms with Crippen molar-refractivity contribution in [2.24, 2.45) is 0 Å². The summed E-state index contributed by atoms with van der Waals surface area (Å²) in [5, 5.41) is 14.0. The molecule has 0 aliphatic carbocycles. The average Bonchev–Trinajstić information content (AvgIpc) is 2.66. The molecule has 1 N–H and O–H groups in total. The molecule has 9 nitrogen and oxygen atoms in total. The van der Waals surface area contributed by atoms with E-state index in [0.717, 1.165) is 18.7 Å². The molecule has 1 fully saturated rings. The van der Waals surface area contributed by atoms with Gasteiger partial charge >= 0.3 is 0 Å². The first-order chi connectivity index (χ1) is 13.0. The Kier molecular flexibility index (Phi) is 5.60. The van der Waals surface area contributed by atoms with Crippen molar-refractivity contribution in [2.75, 3.05) is 42.9 Å². The zero-order valence-electron chi connectivity index (χ0n) is 15.4. The number of nitrogens with zero attached hydrogens (tertiary/aromatic N) is 5. The van der Waals surface area contributed by atoms with E-state index in [-0.39, 0.29) is 23.8 Å². The van der Waals surface area contributed by atoms with Crippen molar-refractivity contribution in [3.05, 3.63) is 51.8 Å². The highest BCUT2D eigenvalue weighted by atomic mass is 16.6. The predicted octanol–water partition coefficient (Wildman–Crippen LogP) is 1.76. The fraction of sp³-hybridized carbons (Fsp3) is 0.389. The van der Waals surface area contributed by atoms with Gasteiger partial charge in [-0.05, 0) is 31.0 Å². The Morgan fingerprint density at radius 3 is 2.48 bits per heavy atom. The van der Waals surface area contributed by atoms with Gasteiger partial charge in [0.1, 0.15) is 5.69 Å². The lowest BCUT2D eigenvalue weighted by molar-refractivity contribution is -0.384. The normalized spacial score (nSPS) is 14.8. The van der Waals surface area contributed by atoms with E-state index in [1.165, 1.54) is 6.07 Å². The number of nitrogens with one attached hydrogen (secondary N) is 1. The van der Waals surface area contributed by atoms with E-state index in [1.807, 2.05) is 11.8 Å². The molecule has 2 heterocycles. The first kappa shape index (κ1) is 18.7. The SMILES string of the molecule is Cc1ccc([N+](=O)[O-])c(NC(=O)CN2CCN(c3ncccn3)CC2)c1C. The molecule has 0 spiro atoms. The number of hydrogen-bond acceptors (Lipinski definition) is 7. The summed E-state index contributed by atoms with van der Waals surface area (Å²) >= 11 is 0. The Morgan fingerprint density at radius 2 is 1.85 bits per heavy atom. The van der Waals surface area contributed by atoms with Crippen molar-refractivity contribution in [3.8, 4) is 0 Å². The maximum absolute atomic E-state index is 12.5. The second kappa shape index (κ2) is 8.09. The Hall–Kier alpha value is -3.07. The molecule has 0 atom stereocenters. The van der Waals surface area contributed by atoms with Gasteiger partial charge in [-0.3, -0.25) is 19.8 Å². The second-order valence-electron chi connectivity index (χ2n) is 6.52. The zero-order valence-corrected chi connectivity index (χ0v) is 15.4. The fourth-order valence-corrected chi connectivity index (χ4v) is 3.05. The van der Waals surface area contributed by atoms with E-state index in [4.69, 9.17) is 0 Å². The van der Waals surface area contributed by atoms with Gasteiger partial charge in [0.2, 0.25) is 11.9 Å². The number of piperazine rings is 1. The molecule has 1 aromatic carbocycles. The summed E-state index contributed by atoms with van der Waals surface area (Å²) in [7, 11) is 0. The quantitative estimate of drug-likeness (QED) is 0.631. The summed E-state index contributed by atoms with van der Waals surface area (Å²) in [5.41, 5.74) is 1.80. The van der Waals surface area contributed by atoms with E-state index in [1.54, 1.807) is 31.5 Å². The van der Waals surface area contributed by atoms with Crippen LogP contribution in [0.15, 0.2) is 30.6 Å². The fourth-order valence-electron chi connectivity index (χ4n) is 3.05. The molecule has 0 saturated carbocycles. The lowest BCUT2D eigenvalue weighted by Gasteiger charge is -2.34. The minimum absolute atomic E-state index is 0.0857. The summed E-state index contributed by atoms with van der Waals surface area (Å²) in [5.74, 6) is 0.434. The smallest absolute Gasteiger partial charge is 0.293 e. The van der Waals surface area contributed by atoms with Crippen molar-refractivity contribution in [1.29, 1.82) is 0 Å². The van der Waals surface area contributed by atoms with Gasteiger partial charge in [0.15, 0.2) is 0 Å². The van der Waals surface area contributed by atoms with Gasteiger partial charge in [0.05, 0.1) is 11.5 Å². The van der Waals surface area contributed by atoms with Crippen LogP contribution in [0.3, 0.4) is 0 Å². The van der Waals surface area contributed by atoms with Crippen LogP contribution in [0.2, 0.25) is 0 Å². The number of carbonyl (C=O) groups excluding carboxylic acids is 1. The van der Waals surface area contributed by atoms with Crippen LogP contribution in [-0.4, -0.2) is 58.4 Å². The number of amides is 1. The molecule has 27 heavy (non-hydrogen) atoms. The summed E-state index contributed by atoms with van der Waals surface area (Å²) in [6.45, 7) is 6.66. The molecule has 0 radical (unpaired) electrons. The monoisotopic (exact) mass is 370 g/mol. The molecule has 9 heteroatoms. The third-order valence-corrected chi connectivity index (χ3v) is 4.75. The van der Waals surface area contributed by atoms with Gasteiger partial charge in [-0.15, -0.1) is 0 Å². The zero-order chi connectivity index (χ0) is 19.4. The van der Waals surface area contributed by atoms with Crippen LogP contribution in [0.1, 0.15) is 11.1 Å². The van der Waals surface area contributed by atoms with Crippen LogP contribution < -0.4 is 10.2 Å². The number of hydrogen-bond donors (Lipinski definition) is 1. The van der Waals surface area contributed by atoms with E-state index in [9.17, 15) is 14.9 Å². The third-order valence-electron chi connectivity index (χ3n) is 4.75. The van der Waals surface area contributed by atoms with E-state index < -0.39 is 4.92 Å². The van der Waals surface area contributed by atoms with Crippen LogP contribution in [-0.2, 0) is 4.79 Å². The molecule has 0 unspecified atom stereocenters. The highest BCUT2D eigenvalue weighted by Gasteiger charge is 2.23. The van der Waals surface area contributed by atoms with E-state index in [2.05, 4.69) is 20.2 Å². The van der Waals surface area contributed by atoms with Gasteiger partial charge < -0.3 is 10.2 Å².